The predicted molar refractivity (Wildman–Crippen MR) is 65.0 cm³/mol. The number of aryl methyl sites for hydroxylation is 1. The molecule has 0 spiro atoms. The zero-order chi connectivity index (χ0) is 12.3. The van der Waals surface area contributed by atoms with Gasteiger partial charge in [0, 0.05) is 11.3 Å². The van der Waals surface area contributed by atoms with E-state index in [9.17, 15) is 0 Å². The van der Waals surface area contributed by atoms with Crippen molar-refractivity contribution in [1.29, 1.82) is 5.26 Å². The molecule has 1 aromatic heterocycles. The molecule has 0 atom stereocenters. The Hall–Kier alpha value is -2.18. The Labute approximate surface area is 100.0 Å². The van der Waals surface area contributed by atoms with Crippen molar-refractivity contribution in [3.05, 3.63) is 53.2 Å². The molecule has 0 amide bonds. The van der Waals surface area contributed by atoms with E-state index in [1.54, 1.807) is 12.1 Å². The SMILES string of the molecule is Cc1nc(-c2ccc(C#N)cc2)ccc1CO. The zero-order valence-corrected chi connectivity index (χ0v) is 9.51. The van der Waals surface area contributed by atoms with Gasteiger partial charge in [0.1, 0.15) is 0 Å². The Kier molecular flexibility index (Phi) is 3.17. The van der Waals surface area contributed by atoms with Crippen LogP contribution in [0.2, 0.25) is 0 Å². The van der Waals surface area contributed by atoms with Crippen LogP contribution in [0.4, 0.5) is 0 Å². The Morgan fingerprint density at radius 3 is 2.41 bits per heavy atom. The summed E-state index contributed by atoms with van der Waals surface area (Å²) in [5.74, 6) is 0. The van der Waals surface area contributed by atoms with E-state index in [1.807, 2.05) is 31.2 Å². The standard InChI is InChI=1S/C14H12N2O/c1-10-13(9-17)6-7-14(16-10)12-4-2-11(8-15)3-5-12/h2-7,17H,9H2,1H3. The van der Waals surface area contributed by atoms with Gasteiger partial charge in [-0.3, -0.25) is 4.98 Å². The van der Waals surface area contributed by atoms with E-state index in [-0.39, 0.29) is 6.61 Å². The quantitative estimate of drug-likeness (QED) is 0.852. The number of hydrogen-bond acceptors (Lipinski definition) is 3. The van der Waals surface area contributed by atoms with Crippen molar-refractivity contribution in [2.75, 3.05) is 0 Å². The summed E-state index contributed by atoms with van der Waals surface area (Å²) in [7, 11) is 0. The van der Waals surface area contributed by atoms with Gasteiger partial charge in [-0.15, -0.1) is 0 Å². The largest absolute Gasteiger partial charge is 0.392 e. The first-order valence-corrected chi connectivity index (χ1v) is 5.32. The highest BCUT2D eigenvalue weighted by atomic mass is 16.3. The normalized spacial score (nSPS) is 9.94. The third kappa shape index (κ3) is 2.32. The monoisotopic (exact) mass is 224 g/mol. The Morgan fingerprint density at radius 2 is 1.88 bits per heavy atom. The van der Waals surface area contributed by atoms with Gasteiger partial charge in [-0.2, -0.15) is 5.26 Å². The first-order chi connectivity index (χ1) is 8.24. The second kappa shape index (κ2) is 4.77. The van der Waals surface area contributed by atoms with Crippen LogP contribution in [0.1, 0.15) is 16.8 Å². The van der Waals surface area contributed by atoms with E-state index in [0.717, 1.165) is 22.5 Å². The fourth-order valence-corrected chi connectivity index (χ4v) is 1.63. The van der Waals surface area contributed by atoms with E-state index in [1.165, 1.54) is 0 Å². The van der Waals surface area contributed by atoms with Crippen LogP contribution in [0, 0.1) is 18.3 Å². The van der Waals surface area contributed by atoms with Crippen molar-refractivity contribution in [1.82, 2.24) is 4.98 Å². The number of rotatable bonds is 2. The van der Waals surface area contributed by atoms with Gasteiger partial charge >= 0.3 is 0 Å². The van der Waals surface area contributed by atoms with Gasteiger partial charge in [-0.1, -0.05) is 18.2 Å². The first kappa shape index (κ1) is 11.3. The highest BCUT2D eigenvalue weighted by molar-refractivity contribution is 5.60. The lowest BCUT2D eigenvalue weighted by Crippen LogP contribution is -1.94. The molecule has 1 N–H and O–H groups in total. The van der Waals surface area contributed by atoms with Crippen LogP contribution >= 0.6 is 0 Å². The molecule has 0 saturated heterocycles. The third-order valence-corrected chi connectivity index (χ3v) is 2.68. The number of aromatic nitrogens is 1. The number of nitrogens with zero attached hydrogens (tertiary/aromatic N) is 2. The van der Waals surface area contributed by atoms with E-state index in [0.29, 0.717) is 5.56 Å². The van der Waals surface area contributed by atoms with Crippen LogP contribution in [-0.4, -0.2) is 10.1 Å². The average molecular weight is 224 g/mol. The number of hydrogen-bond donors (Lipinski definition) is 1. The highest BCUT2D eigenvalue weighted by Gasteiger charge is 2.03. The third-order valence-electron chi connectivity index (χ3n) is 2.68. The van der Waals surface area contributed by atoms with Crippen molar-refractivity contribution in [3.63, 3.8) is 0 Å². The molecule has 3 nitrogen and oxygen atoms in total. The molecule has 17 heavy (non-hydrogen) atoms. The minimum Gasteiger partial charge on any atom is -0.392 e. The van der Waals surface area contributed by atoms with E-state index in [2.05, 4.69) is 11.1 Å². The number of aliphatic hydroxyl groups excluding tert-OH is 1. The molecule has 2 aromatic rings. The smallest absolute Gasteiger partial charge is 0.0991 e. The molecule has 0 fully saturated rings. The lowest BCUT2D eigenvalue weighted by Gasteiger charge is -2.05. The average Bonchev–Trinajstić information content (AvgIpc) is 2.39. The van der Waals surface area contributed by atoms with Gasteiger partial charge in [-0.05, 0) is 30.7 Å². The minimum absolute atomic E-state index is 0.00643. The van der Waals surface area contributed by atoms with Gasteiger partial charge in [0.05, 0.1) is 23.9 Å². The van der Waals surface area contributed by atoms with Crippen LogP contribution in [0.25, 0.3) is 11.3 Å². The van der Waals surface area contributed by atoms with E-state index < -0.39 is 0 Å². The molecule has 0 saturated carbocycles. The van der Waals surface area contributed by atoms with Crippen LogP contribution in [-0.2, 0) is 6.61 Å². The summed E-state index contributed by atoms with van der Waals surface area (Å²) in [5, 5.41) is 17.8. The Bertz CT molecular complexity index is 568. The highest BCUT2D eigenvalue weighted by Crippen LogP contribution is 2.19. The first-order valence-electron chi connectivity index (χ1n) is 5.32. The zero-order valence-electron chi connectivity index (χ0n) is 9.51. The maximum atomic E-state index is 9.07. The maximum Gasteiger partial charge on any atom is 0.0991 e. The minimum atomic E-state index is 0.00643. The summed E-state index contributed by atoms with van der Waals surface area (Å²) in [5.41, 5.74) is 4.12. The second-order valence-electron chi connectivity index (χ2n) is 3.79. The molecular weight excluding hydrogens is 212 g/mol. The van der Waals surface area contributed by atoms with Crippen LogP contribution in [0.15, 0.2) is 36.4 Å². The summed E-state index contributed by atoms with van der Waals surface area (Å²) in [6.07, 6.45) is 0. The fourth-order valence-electron chi connectivity index (χ4n) is 1.63. The predicted octanol–water partition coefficient (Wildman–Crippen LogP) is 2.42. The molecule has 0 aliphatic rings. The lowest BCUT2D eigenvalue weighted by molar-refractivity contribution is 0.280. The van der Waals surface area contributed by atoms with Crippen LogP contribution in [0.3, 0.4) is 0 Å². The number of aliphatic hydroxyl groups is 1. The van der Waals surface area contributed by atoms with E-state index >= 15 is 0 Å². The number of nitriles is 1. The van der Waals surface area contributed by atoms with Gasteiger partial charge in [0.25, 0.3) is 0 Å². The summed E-state index contributed by atoms with van der Waals surface area (Å²) in [6.45, 7) is 1.88. The summed E-state index contributed by atoms with van der Waals surface area (Å²) in [4.78, 5) is 4.43. The van der Waals surface area contributed by atoms with Crippen LogP contribution in [0.5, 0.6) is 0 Å². The molecule has 0 bridgehead atoms. The topological polar surface area (TPSA) is 56.9 Å². The van der Waals surface area contributed by atoms with Crippen LogP contribution < -0.4 is 0 Å². The maximum absolute atomic E-state index is 9.07. The summed E-state index contributed by atoms with van der Waals surface area (Å²) in [6, 6.07) is 13.1. The second-order valence-corrected chi connectivity index (χ2v) is 3.79. The number of benzene rings is 1. The fraction of sp³-hybridized carbons (Fsp3) is 0.143. The summed E-state index contributed by atoms with van der Waals surface area (Å²) >= 11 is 0. The lowest BCUT2D eigenvalue weighted by atomic mass is 10.1. The molecule has 0 radical (unpaired) electrons. The summed E-state index contributed by atoms with van der Waals surface area (Å²) < 4.78 is 0. The van der Waals surface area contributed by atoms with Crippen molar-refractivity contribution >= 4 is 0 Å². The molecule has 3 heteroatoms. The van der Waals surface area contributed by atoms with Gasteiger partial charge in [-0.25, -0.2) is 0 Å². The van der Waals surface area contributed by atoms with Crippen molar-refractivity contribution in [2.24, 2.45) is 0 Å². The van der Waals surface area contributed by atoms with Gasteiger partial charge < -0.3 is 5.11 Å². The molecule has 0 unspecified atom stereocenters. The molecule has 1 aromatic carbocycles. The van der Waals surface area contributed by atoms with Gasteiger partial charge in [0.2, 0.25) is 0 Å². The van der Waals surface area contributed by atoms with E-state index in [4.69, 9.17) is 10.4 Å². The van der Waals surface area contributed by atoms with Crippen molar-refractivity contribution < 1.29 is 5.11 Å². The Morgan fingerprint density at radius 1 is 1.18 bits per heavy atom. The molecule has 2 rings (SSSR count). The van der Waals surface area contributed by atoms with Crippen molar-refractivity contribution in [3.8, 4) is 17.3 Å². The Balaban J connectivity index is 2.40. The molecule has 1 heterocycles. The molecule has 84 valence electrons. The molecule has 0 aliphatic carbocycles. The van der Waals surface area contributed by atoms with Crippen molar-refractivity contribution in [2.45, 2.75) is 13.5 Å². The molecular formula is C14H12N2O. The number of pyridine rings is 1. The van der Waals surface area contributed by atoms with Gasteiger partial charge in [0.15, 0.2) is 0 Å². The molecule has 0 aliphatic heterocycles.